The lowest BCUT2D eigenvalue weighted by Gasteiger charge is -2.38. The summed E-state index contributed by atoms with van der Waals surface area (Å²) in [5.74, 6) is 0.0311. The minimum atomic E-state index is -0.303. The highest BCUT2D eigenvalue weighted by molar-refractivity contribution is 5.46. The molecule has 0 amide bonds. The number of hydrogen-bond donors (Lipinski definition) is 0. The van der Waals surface area contributed by atoms with Crippen molar-refractivity contribution in [1.29, 1.82) is 0 Å². The molecule has 4 rings (SSSR count). The third-order valence-corrected chi connectivity index (χ3v) is 3.94. The van der Waals surface area contributed by atoms with Crippen LogP contribution in [0.25, 0.3) is 5.52 Å². The molecule has 5 heteroatoms. The van der Waals surface area contributed by atoms with Crippen molar-refractivity contribution in [2.45, 2.75) is 12.6 Å². The number of rotatable bonds is 4. The molecule has 0 saturated carbocycles. The van der Waals surface area contributed by atoms with Gasteiger partial charge in [-0.3, -0.25) is 4.90 Å². The Morgan fingerprint density at radius 3 is 2.82 bits per heavy atom. The van der Waals surface area contributed by atoms with Gasteiger partial charge in [0.05, 0.1) is 11.2 Å². The summed E-state index contributed by atoms with van der Waals surface area (Å²) in [6.45, 7) is 2.41. The Kier molecular flexibility index (Phi) is 3.27. The van der Waals surface area contributed by atoms with E-state index in [1.807, 2.05) is 22.7 Å². The lowest BCUT2D eigenvalue weighted by Crippen LogP contribution is -2.53. The summed E-state index contributed by atoms with van der Waals surface area (Å²) < 4.78 is 21.2. The number of hydrogen-bond acceptors (Lipinski definition) is 3. The van der Waals surface area contributed by atoms with Crippen molar-refractivity contribution in [2.24, 2.45) is 0 Å². The number of aromatic nitrogens is 2. The number of likely N-dealkylation sites (tertiary alicyclic amines) is 1. The number of para-hydroxylation sites is 1. The lowest BCUT2D eigenvalue weighted by atomic mass is 10.1. The third-order valence-electron chi connectivity index (χ3n) is 3.94. The van der Waals surface area contributed by atoms with Crippen molar-refractivity contribution < 1.29 is 9.13 Å². The van der Waals surface area contributed by atoms with Crippen LogP contribution in [0.5, 0.6) is 5.75 Å². The fourth-order valence-corrected chi connectivity index (χ4v) is 2.80. The van der Waals surface area contributed by atoms with Crippen LogP contribution in [0, 0.1) is 5.82 Å². The van der Waals surface area contributed by atoms with Crippen LogP contribution in [0.2, 0.25) is 0 Å². The quantitative estimate of drug-likeness (QED) is 0.741. The van der Waals surface area contributed by atoms with E-state index in [0.717, 1.165) is 30.8 Å². The highest BCUT2D eigenvalue weighted by Gasteiger charge is 2.29. The maximum atomic E-state index is 13.5. The van der Waals surface area contributed by atoms with E-state index in [2.05, 4.69) is 16.1 Å². The SMILES string of the molecule is Fc1ccccc1OC1CN(Cc2cccc3ccnn23)C1. The van der Waals surface area contributed by atoms with Gasteiger partial charge >= 0.3 is 0 Å². The zero-order chi connectivity index (χ0) is 14.9. The zero-order valence-corrected chi connectivity index (χ0v) is 12.0. The van der Waals surface area contributed by atoms with Crippen LogP contribution >= 0.6 is 0 Å². The van der Waals surface area contributed by atoms with Crippen LogP contribution in [-0.4, -0.2) is 33.7 Å². The van der Waals surface area contributed by atoms with Gasteiger partial charge in [-0.2, -0.15) is 5.10 Å². The molecule has 1 aliphatic rings. The van der Waals surface area contributed by atoms with Gasteiger partial charge in [-0.1, -0.05) is 18.2 Å². The van der Waals surface area contributed by atoms with Gasteiger partial charge in [0, 0.05) is 25.8 Å². The maximum Gasteiger partial charge on any atom is 0.165 e. The van der Waals surface area contributed by atoms with Gasteiger partial charge < -0.3 is 4.74 Å². The first-order valence-corrected chi connectivity index (χ1v) is 7.35. The van der Waals surface area contributed by atoms with Gasteiger partial charge in [0.25, 0.3) is 0 Å². The molecule has 112 valence electrons. The standard InChI is InChI=1S/C17H16FN3O/c18-16-6-1-2-7-17(16)22-15-11-20(12-15)10-14-5-3-4-13-8-9-19-21(13)14/h1-9,15H,10-12H2. The third kappa shape index (κ3) is 2.44. The first kappa shape index (κ1) is 13.3. The van der Waals surface area contributed by atoms with Gasteiger partial charge in [0.1, 0.15) is 6.10 Å². The van der Waals surface area contributed by atoms with E-state index in [-0.39, 0.29) is 11.9 Å². The van der Waals surface area contributed by atoms with E-state index in [4.69, 9.17) is 4.74 Å². The molecule has 4 nitrogen and oxygen atoms in total. The van der Waals surface area contributed by atoms with E-state index in [1.165, 1.54) is 6.07 Å². The second kappa shape index (κ2) is 5.42. The van der Waals surface area contributed by atoms with Crippen LogP contribution in [0.4, 0.5) is 4.39 Å². The van der Waals surface area contributed by atoms with Crippen molar-refractivity contribution >= 4 is 5.52 Å². The highest BCUT2D eigenvalue weighted by Crippen LogP contribution is 2.22. The Bertz CT molecular complexity index is 795. The predicted octanol–water partition coefficient (Wildman–Crippen LogP) is 2.74. The Morgan fingerprint density at radius 2 is 1.95 bits per heavy atom. The van der Waals surface area contributed by atoms with E-state index < -0.39 is 0 Å². The van der Waals surface area contributed by atoms with E-state index in [1.54, 1.807) is 24.4 Å². The largest absolute Gasteiger partial charge is 0.485 e. The molecule has 3 heterocycles. The molecule has 22 heavy (non-hydrogen) atoms. The fraction of sp³-hybridized carbons (Fsp3) is 0.235. The molecule has 1 aliphatic heterocycles. The summed E-state index contributed by atoms with van der Waals surface area (Å²) in [6.07, 6.45) is 1.85. The summed E-state index contributed by atoms with van der Waals surface area (Å²) in [6, 6.07) is 14.7. The van der Waals surface area contributed by atoms with Crippen LogP contribution in [0.1, 0.15) is 5.69 Å². The maximum absolute atomic E-state index is 13.5. The first-order chi connectivity index (χ1) is 10.8. The Balaban J connectivity index is 1.38. The van der Waals surface area contributed by atoms with Crippen molar-refractivity contribution in [3.63, 3.8) is 0 Å². The van der Waals surface area contributed by atoms with E-state index in [0.29, 0.717) is 5.75 Å². The molecule has 0 aliphatic carbocycles. The summed E-state index contributed by atoms with van der Waals surface area (Å²) in [5, 5.41) is 4.34. The molecule has 1 fully saturated rings. The van der Waals surface area contributed by atoms with Crippen molar-refractivity contribution in [3.05, 3.63) is 66.2 Å². The minimum Gasteiger partial charge on any atom is -0.485 e. The summed E-state index contributed by atoms with van der Waals surface area (Å²) in [4.78, 5) is 2.27. The molecule has 2 aromatic heterocycles. The molecule has 0 N–H and O–H groups in total. The Hall–Kier alpha value is -2.40. The van der Waals surface area contributed by atoms with Gasteiger partial charge in [-0.25, -0.2) is 8.91 Å². The number of halogens is 1. The summed E-state index contributed by atoms with van der Waals surface area (Å²) in [7, 11) is 0. The molecular formula is C17H16FN3O. The Labute approximate surface area is 127 Å². The molecule has 0 radical (unpaired) electrons. The average Bonchev–Trinajstić information content (AvgIpc) is 2.96. The highest BCUT2D eigenvalue weighted by atomic mass is 19.1. The van der Waals surface area contributed by atoms with Gasteiger partial charge in [-0.05, 0) is 30.3 Å². The molecule has 0 unspecified atom stereocenters. The number of benzene rings is 1. The number of fused-ring (bicyclic) bond motifs is 1. The molecule has 1 saturated heterocycles. The van der Waals surface area contributed by atoms with Crippen LogP contribution in [0.15, 0.2) is 54.7 Å². The monoisotopic (exact) mass is 297 g/mol. The lowest BCUT2D eigenvalue weighted by molar-refractivity contribution is 0.0112. The van der Waals surface area contributed by atoms with Crippen molar-refractivity contribution in [2.75, 3.05) is 13.1 Å². The van der Waals surface area contributed by atoms with Gasteiger partial charge in [-0.15, -0.1) is 0 Å². The normalized spacial score (nSPS) is 15.9. The summed E-state index contributed by atoms with van der Waals surface area (Å²) in [5.41, 5.74) is 2.24. The molecular weight excluding hydrogens is 281 g/mol. The second-order valence-electron chi connectivity index (χ2n) is 5.55. The molecule has 0 bridgehead atoms. The zero-order valence-electron chi connectivity index (χ0n) is 12.0. The topological polar surface area (TPSA) is 29.8 Å². The van der Waals surface area contributed by atoms with E-state index >= 15 is 0 Å². The van der Waals surface area contributed by atoms with Crippen molar-refractivity contribution in [3.8, 4) is 5.75 Å². The van der Waals surface area contributed by atoms with Gasteiger partial charge in [0.15, 0.2) is 11.6 Å². The molecule has 0 spiro atoms. The number of nitrogens with zero attached hydrogens (tertiary/aromatic N) is 3. The summed E-state index contributed by atoms with van der Waals surface area (Å²) >= 11 is 0. The van der Waals surface area contributed by atoms with Crippen LogP contribution in [0.3, 0.4) is 0 Å². The predicted molar refractivity (Wildman–Crippen MR) is 81.3 cm³/mol. The fourth-order valence-electron chi connectivity index (χ4n) is 2.80. The van der Waals surface area contributed by atoms with Gasteiger partial charge in [0.2, 0.25) is 0 Å². The van der Waals surface area contributed by atoms with Crippen LogP contribution in [-0.2, 0) is 6.54 Å². The molecule has 0 atom stereocenters. The molecule has 1 aromatic carbocycles. The second-order valence-corrected chi connectivity index (χ2v) is 5.55. The number of pyridine rings is 1. The average molecular weight is 297 g/mol. The van der Waals surface area contributed by atoms with Crippen LogP contribution < -0.4 is 4.74 Å². The minimum absolute atomic E-state index is 0.0497. The first-order valence-electron chi connectivity index (χ1n) is 7.35. The smallest absolute Gasteiger partial charge is 0.165 e. The molecule has 3 aromatic rings. The van der Waals surface area contributed by atoms with Crippen molar-refractivity contribution in [1.82, 2.24) is 14.5 Å². The Morgan fingerprint density at radius 1 is 1.09 bits per heavy atom. The van der Waals surface area contributed by atoms with E-state index in [9.17, 15) is 4.39 Å². The number of ether oxygens (including phenoxy) is 1.